The molecule has 0 aromatic heterocycles. The van der Waals surface area contributed by atoms with Gasteiger partial charge >= 0.3 is 5.97 Å². The molecule has 0 bridgehead atoms. The van der Waals surface area contributed by atoms with Crippen LogP contribution in [0.25, 0.3) is 0 Å². The van der Waals surface area contributed by atoms with Gasteiger partial charge in [0.15, 0.2) is 0 Å². The van der Waals surface area contributed by atoms with Gasteiger partial charge in [-0.25, -0.2) is 0 Å². The lowest BCUT2D eigenvalue weighted by Crippen LogP contribution is -2.28. The molecule has 1 spiro atoms. The van der Waals surface area contributed by atoms with Crippen molar-refractivity contribution >= 4 is 11.9 Å². The normalized spacial score (nSPS) is 28.7. The molecule has 2 rings (SSSR count). The molecule has 1 unspecified atom stereocenters. The van der Waals surface area contributed by atoms with E-state index in [2.05, 4.69) is 10.1 Å². The number of hydrogen-bond donors (Lipinski definition) is 1. The zero-order valence-electron chi connectivity index (χ0n) is 9.21. The van der Waals surface area contributed by atoms with E-state index in [0.29, 0.717) is 6.42 Å². The highest BCUT2D eigenvalue weighted by molar-refractivity contribution is 5.83. The van der Waals surface area contributed by atoms with Gasteiger partial charge in [-0.15, -0.1) is 0 Å². The molecule has 4 nitrogen and oxygen atoms in total. The number of ether oxygens (including phenoxy) is 1. The maximum absolute atomic E-state index is 11.6. The molecular weight excluding hydrogens is 194 g/mol. The molecule has 84 valence electrons. The predicted octanol–water partition coefficient (Wildman–Crippen LogP) is 0.854. The maximum atomic E-state index is 11.6. The van der Waals surface area contributed by atoms with Crippen LogP contribution in [0.5, 0.6) is 0 Å². The number of rotatable bonds is 3. The molecule has 2 aliphatic rings. The Bertz CT molecular complexity index is 296. The number of hydrogen-bond acceptors (Lipinski definition) is 3. The Morgan fingerprint density at radius 2 is 2.33 bits per heavy atom. The fourth-order valence-corrected chi connectivity index (χ4v) is 2.37. The van der Waals surface area contributed by atoms with Crippen molar-refractivity contribution in [2.24, 2.45) is 11.8 Å². The third kappa shape index (κ3) is 1.98. The molecule has 0 aromatic rings. The number of nitrogens with one attached hydrogen (secondary N) is 1. The summed E-state index contributed by atoms with van der Waals surface area (Å²) in [5.74, 6) is -0.288. The Hall–Kier alpha value is -1.06. The van der Waals surface area contributed by atoms with Gasteiger partial charge in [0.1, 0.15) is 0 Å². The molecule has 0 radical (unpaired) electrons. The lowest BCUT2D eigenvalue weighted by molar-refractivity contribution is -0.145. The van der Waals surface area contributed by atoms with Crippen LogP contribution >= 0.6 is 0 Å². The van der Waals surface area contributed by atoms with Crippen LogP contribution in [0.2, 0.25) is 0 Å². The number of carbonyl (C=O) groups excluding carboxylic acids is 2. The molecule has 1 N–H and O–H groups in total. The summed E-state index contributed by atoms with van der Waals surface area (Å²) in [6.07, 6.45) is 3.71. The Morgan fingerprint density at radius 3 is 2.80 bits per heavy atom. The quantitative estimate of drug-likeness (QED) is 0.704. The molecule has 0 aromatic carbocycles. The zero-order chi connectivity index (χ0) is 11.1. The number of amides is 1. The minimum Gasteiger partial charge on any atom is -0.469 e. The molecule has 4 heteroatoms. The number of methoxy groups -OCH3 is 1. The molecule has 1 amide bonds. The topological polar surface area (TPSA) is 55.4 Å². The smallest absolute Gasteiger partial charge is 0.308 e. The first-order chi connectivity index (χ1) is 7.06. The summed E-state index contributed by atoms with van der Waals surface area (Å²) in [5, 5.41) is 3.03. The average molecular weight is 211 g/mol. The van der Waals surface area contributed by atoms with Gasteiger partial charge in [-0.3, -0.25) is 9.59 Å². The van der Waals surface area contributed by atoms with Crippen molar-refractivity contribution in [1.82, 2.24) is 5.32 Å². The Morgan fingerprint density at radius 1 is 1.67 bits per heavy atom. The van der Waals surface area contributed by atoms with E-state index in [0.717, 1.165) is 19.3 Å². The summed E-state index contributed by atoms with van der Waals surface area (Å²) >= 11 is 0. The van der Waals surface area contributed by atoms with E-state index < -0.39 is 0 Å². The van der Waals surface area contributed by atoms with Gasteiger partial charge in [-0.2, -0.15) is 0 Å². The van der Waals surface area contributed by atoms with E-state index in [1.165, 1.54) is 7.11 Å². The van der Waals surface area contributed by atoms with E-state index in [1.54, 1.807) is 0 Å². The fourth-order valence-electron chi connectivity index (χ4n) is 2.37. The molecular formula is C11H17NO3. The van der Waals surface area contributed by atoms with Gasteiger partial charge in [0, 0.05) is 11.5 Å². The summed E-state index contributed by atoms with van der Waals surface area (Å²) < 4.78 is 4.65. The summed E-state index contributed by atoms with van der Waals surface area (Å²) in [6.45, 7) is 1.82. The van der Waals surface area contributed by atoms with Crippen LogP contribution in [0, 0.1) is 11.8 Å². The van der Waals surface area contributed by atoms with Crippen LogP contribution < -0.4 is 5.32 Å². The summed E-state index contributed by atoms with van der Waals surface area (Å²) in [4.78, 5) is 22.8. The highest BCUT2D eigenvalue weighted by Crippen LogP contribution is 2.46. The molecule has 2 fully saturated rings. The summed E-state index contributed by atoms with van der Waals surface area (Å²) in [6, 6.07) is 0. The second-order valence-electron chi connectivity index (χ2n) is 4.83. The first-order valence-corrected chi connectivity index (χ1v) is 5.46. The van der Waals surface area contributed by atoms with Gasteiger partial charge < -0.3 is 10.1 Å². The first kappa shape index (κ1) is 10.5. The van der Waals surface area contributed by atoms with Gasteiger partial charge in [0.2, 0.25) is 5.91 Å². The third-order valence-corrected chi connectivity index (χ3v) is 3.49. The second kappa shape index (κ2) is 3.51. The predicted molar refractivity (Wildman–Crippen MR) is 54.0 cm³/mol. The maximum Gasteiger partial charge on any atom is 0.308 e. The fraction of sp³-hybridized carbons (Fsp3) is 0.818. The van der Waals surface area contributed by atoms with Crippen LogP contribution in [0.3, 0.4) is 0 Å². The van der Waals surface area contributed by atoms with Crippen molar-refractivity contribution in [1.29, 1.82) is 0 Å². The number of carbonyl (C=O) groups is 2. The monoisotopic (exact) mass is 211 g/mol. The van der Waals surface area contributed by atoms with Crippen molar-refractivity contribution in [3.8, 4) is 0 Å². The average Bonchev–Trinajstić information content (AvgIpc) is 2.87. The summed E-state index contributed by atoms with van der Waals surface area (Å²) in [7, 11) is 1.38. The highest BCUT2D eigenvalue weighted by Gasteiger charge is 2.52. The van der Waals surface area contributed by atoms with Crippen LogP contribution in [0.1, 0.15) is 32.6 Å². The summed E-state index contributed by atoms with van der Waals surface area (Å²) in [5.41, 5.74) is 0.109. The third-order valence-electron chi connectivity index (χ3n) is 3.49. The van der Waals surface area contributed by atoms with E-state index in [1.807, 2.05) is 6.92 Å². The lowest BCUT2D eigenvalue weighted by atomic mass is 9.92. The minimum atomic E-state index is -0.223. The van der Waals surface area contributed by atoms with Crippen LogP contribution in [0.4, 0.5) is 0 Å². The Labute approximate surface area is 89.4 Å². The minimum absolute atomic E-state index is 0.00148. The van der Waals surface area contributed by atoms with Crippen molar-refractivity contribution in [2.75, 3.05) is 7.11 Å². The van der Waals surface area contributed by atoms with Gasteiger partial charge in [0.05, 0.1) is 13.0 Å². The van der Waals surface area contributed by atoms with E-state index >= 15 is 0 Å². The Kier molecular flexibility index (Phi) is 2.44. The van der Waals surface area contributed by atoms with Crippen molar-refractivity contribution in [2.45, 2.75) is 38.1 Å². The molecule has 2 atom stereocenters. The standard InChI is InChI=1S/C11H17NO3/c1-7(10(14)15-2)5-8-6-11(3-4-11)12-9(8)13/h7-8H,3-6H2,1-2H3,(H,12,13)/t7-,8?/m0/s1. The molecule has 15 heavy (non-hydrogen) atoms. The van der Waals surface area contributed by atoms with Gasteiger partial charge in [0.25, 0.3) is 0 Å². The van der Waals surface area contributed by atoms with Gasteiger partial charge in [-0.1, -0.05) is 6.92 Å². The zero-order valence-corrected chi connectivity index (χ0v) is 9.21. The van der Waals surface area contributed by atoms with Crippen molar-refractivity contribution in [3.05, 3.63) is 0 Å². The van der Waals surface area contributed by atoms with E-state index in [-0.39, 0.29) is 29.3 Å². The SMILES string of the molecule is COC(=O)[C@@H](C)CC1CC2(CC2)NC1=O. The second-order valence-corrected chi connectivity index (χ2v) is 4.83. The van der Waals surface area contributed by atoms with Crippen LogP contribution in [-0.2, 0) is 14.3 Å². The van der Waals surface area contributed by atoms with Crippen molar-refractivity contribution in [3.63, 3.8) is 0 Å². The molecule has 1 heterocycles. The van der Waals surface area contributed by atoms with Crippen molar-refractivity contribution < 1.29 is 14.3 Å². The molecule has 1 aliphatic carbocycles. The highest BCUT2D eigenvalue weighted by atomic mass is 16.5. The molecule has 1 saturated heterocycles. The Balaban J connectivity index is 1.89. The van der Waals surface area contributed by atoms with Crippen LogP contribution in [0.15, 0.2) is 0 Å². The van der Waals surface area contributed by atoms with E-state index in [9.17, 15) is 9.59 Å². The lowest BCUT2D eigenvalue weighted by Gasteiger charge is -2.12. The first-order valence-electron chi connectivity index (χ1n) is 5.46. The van der Waals surface area contributed by atoms with Gasteiger partial charge in [-0.05, 0) is 25.7 Å². The molecule has 1 saturated carbocycles. The van der Waals surface area contributed by atoms with Crippen LogP contribution in [-0.4, -0.2) is 24.5 Å². The van der Waals surface area contributed by atoms with E-state index in [4.69, 9.17) is 0 Å². The molecule has 1 aliphatic heterocycles. The largest absolute Gasteiger partial charge is 0.469 e. The number of esters is 1.